The average Bonchev–Trinajstić information content (AvgIpc) is 3.17. The molecule has 0 bridgehead atoms. The Bertz CT molecular complexity index is 922. The number of allylic oxidation sites excluding steroid dienone is 6. The lowest BCUT2D eigenvalue weighted by molar-refractivity contribution is -0.167. The van der Waals surface area contributed by atoms with Crippen molar-refractivity contribution in [2.75, 3.05) is 13.2 Å². The van der Waals surface area contributed by atoms with Gasteiger partial charge in [-0.05, 0) is 83.5 Å². The van der Waals surface area contributed by atoms with Gasteiger partial charge in [-0.25, -0.2) is 0 Å². The zero-order valence-corrected chi connectivity index (χ0v) is 35.7. The van der Waals surface area contributed by atoms with Crippen LogP contribution in [0.4, 0.5) is 0 Å². The maximum absolute atomic E-state index is 12.7. The Labute approximate surface area is 334 Å². The molecule has 0 rings (SSSR count). The molecule has 0 aliphatic rings. The van der Waals surface area contributed by atoms with Crippen LogP contribution in [0.1, 0.15) is 233 Å². The maximum atomic E-state index is 12.7. The van der Waals surface area contributed by atoms with E-state index in [1.807, 2.05) is 0 Å². The summed E-state index contributed by atoms with van der Waals surface area (Å²) in [7, 11) is 0. The van der Waals surface area contributed by atoms with E-state index in [1.165, 1.54) is 109 Å². The highest BCUT2D eigenvalue weighted by molar-refractivity contribution is 5.71. The third-order valence-corrected chi connectivity index (χ3v) is 9.84. The molecule has 0 spiro atoms. The van der Waals surface area contributed by atoms with Gasteiger partial charge < -0.3 is 14.2 Å². The van der Waals surface area contributed by atoms with E-state index in [4.69, 9.17) is 14.2 Å². The summed E-state index contributed by atoms with van der Waals surface area (Å²) in [5, 5.41) is 0. The molecule has 0 aliphatic carbocycles. The van der Waals surface area contributed by atoms with E-state index < -0.39 is 6.10 Å². The average molecular weight is 759 g/mol. The van der Waals surface area contributed by atoms with Gasteiger partial charge in [0.1, 0.15) is 13.2 Å². The van der Waals surface area contributed by atoms with Crippen molar-refractivity contribution >= 4 is 17.9 Å². The number of hydrogen-bond acceptors (Lipinski definition) is 6. The van der Waals surface area contributed by atoms with Gasteiger partial charge in [-0.15, -0.1) is 0 Å². The second-order valence-electron chi connectivity index (χ2n) is 15.3. The van der Waals surface area contributed by atoms with E-state index in [0.717, 1.165) is 83.5 Å². The first-order chi connectivity index (χ1) is 26.5. The van der Waals surface area contributed by atoms with Crippen molar-refractivity contribution in [3.8, 4) is 0 Å². The largest absolute Gasteiger partial charge is 0.462 e. The first-order valence-electron chi connectivity index (χ1n) is 23.0. The van der Waals surface area contributed by atoms with Gasteiger partial charge in [0, 0.05) is 19.3 Å². The van der Waals surface area contributed by atoms with Crippen molar-refractivity contribution in [3.05, 3.63) is 36.5 Å². The monoisotopic (exact) mass is 759 g/mol. The molecule has 54 heavy (non-hydrogen) atoms. The normalized spacial score (nSPS) is 12.3. The third-order valence-electron chi connectivity index (χ3n) is 9.84. The van der Waals surface area contributed by atoms with E-state index in [0.29, 0.717) is 19.3 Å². The Kier molecular flexibility index (Phi) is 41.5. The highest BCUT2D eigenvalue weighted by Crippen LogP contribution is 2.13. The predicted molar refractivity (Wildman–Crippen MR) is 229 cm³/mol. The highest BCUT2D eigenvalue weighted by atomic mass is 16.6. The molecule has 0 saturated carbocycles. The van der Waals surface area contributed by atoms with E-state index in [1.54, 1.807) is 0 Å². The van der Waals surface area contributed by atoms with Crippen molar-refractivity contribution in [1.82, 2.24) is 0 Å². The molecule has 314 valence electrons. The molecule has 0 radical (unpaired) electrons. The molecule has 0 heterocycles. The van der Waals surface area contributed by atoms with Crippen LogP contribution in [0.15, 0.2) is 36.5 Å². The van der Waals surface area contributed by atoms with Gasteiger partial charge in [-0.3, -0.25) is 14.4 Å². The topological polar surface area (TPSA) is 78.9 Å². The Hall–Kier alpha value is -2.37. The van der Waals surface area contributed by atoms with Crippen molar-refractivity contribution in [3.63, 3.8) is 0 Å². The minimum absolute atomic E-state index is 0.0819. The molecule has 0 aromatic rings. The van der Waals surface area contributed by atoms with Gasteiger partial charge >= 0.3 is 17.9 Å². The SMILES string of the molecule is CCCC/C=C\CCCCCCCC(=O)OCC(COC(=O)CCCCCCC/C=C\CCCCCCC)OC(=O)CCCCCCC/C=C\CCCC. The van der Waals surface area contributed by atoms with Crippen LogP contribution >= 0.6 is 0 Å². The fraction of sp³-hybridized carbons (Fsp3) is 0.812. The molecule has 6 heteroatoms. The molecule has 0 aromatic heterocycles. The van der Waals surface area contributed by atoms with Crippen molar-refractivity contribution in [2.24, 2.45) is 0 Å². The van der Waals surface area contributed by atoms with Gasteiger partial charge in [-0.2, -0.15) is 0 Å². The zero-order chi connectivity index (χ0) is 39.4. The first kappa shape index (κ1) is 51.6. The fourth-order valence-corrected chi connectivity index (χ4v) is 6.28. The van der Waals surface area contributed by atoms with Crippen LogP contribution in [-0.2, 0) is 28.6 Å². The van der Waals surface area contributed by atoms with Crippen LogP contribution in [0.5, 0.6) is 0 Å². The highest BCUT2D eigenvalue weighted by Gasteiger charge is 2.19. The number of ether oxygens (including phenoxy) is 3. The van der Waals surface area contributed by atoms with Gasteiger partial charge in [-0.1, -0.05) is 166 Å². The Morgan fingerprint density at radius 1 is 0.352 bits per heavy atom. The third kappa shape index (κ3) is 40.8. The summed E-state index contributed by atoms with van der Waals surface area (Å²) >= 11 is 0. The maximum Gasteiger partial charge on any atom is 0.306 e. The molecular formula is C48H86O6. The second-order valence-corrected chi connectivity index (χ2v) is 15.3. The van der Waals surface area contributed by atoms with Crippen LogP contribution in [-0.4, -0.2) is 37.2 Å². The fourth-order valence-electron chi connectivity index (χ4n) is 6.28. The number of hydrogen-bond donors (Lipinski definition) is 0. The molecule has 6 nitrogen and oxygen atoms in total. The van der Waals surface area contributed by atoms with Gasteiger partial charge in [0.15, 0.2) is 6.10 Å². The van der Waals surface area contributed by atoms with Crippen LogP contribution in [0.25, 0.3) is 0 Å². The lowest BCUT2D eigenvalue weighted by Gasteiger charge is -2.18. The zero-order valence-electron chi connectivity index (χ0n) is 35.7. The van der Waals surface area contributed by atoms with Crippen molar-refractivity contribution in [2.45, 2.75) is 239 Å². The summed E-state index contributed by atoms with van der Waals surface area (Å²) in [6.45, 7) is 6.52. The van der Waals surface area contributed by atoms with Crippen LogP contribution in [0.2, 0.25) is 0 Å². The molecule has 1 unspecified atom stereocenters. The quantitative estimate of drug-likeness (QED) is 0.0267. The molecule has 0 aliphatic heterocycles. The minimum Gasteiger partial charge on any atom is -0.462 e. The smallest absolute Gasteiger partial charge is 0.306 e. The molecule has 0 aromatic carbocycles. The molecule has 1 atom stereocenters. The lowest BCUT2D eigenvalue weighted by Crippen LogP contribution is -2.30. The number of esters is 3. The first-order valence-corrected chi connectivity index (χ1v) is 23.0. The standard InChI is InChI=1S/C48H86O6/c1-4-7-10-13-16-19-22-23-24-27-29-32-35-38-41-47(50)53-44-45(54-48(51)42-39-36-33-30-26-21-18-15-12-9-6-3)43-52-46(49)40-37-34-31-28-25-20-17-14-11-8-5-2/h14-15,17-18,22-23,45H,4-13,16,19-21,24-44H2,1-3H3/b17-14-,18-15-,23-22-. The van der Waals surface area contributed by atoms with E-state index in [9.17, 15) is 14.4 Å². The number of rotatable bonds is 41. The number of carbonyl (C=O) groups excluding carboxylic acids is 3. The molecule has 0 saturated heterocycles. The Balaban J connectivity index is 4.39. The van der Waals surface area contributed by atoms with Crippen molar-refractivity contribution < 1.29 is 28.6 Å². The second kappa shape index (κ2) is 43.4. The van der Waals surface area contributed by atoms with E-state index in [2.05, 4.69) is 57.2 Å². The van der Waals surface area contributed by atoms with E-state index >= 15 is 0 Å². The molecule has 0 N–H and O–H groups in total. The summed E-state index contributed by atoms with van der Waals surface area (Å²) in [5.41, 5.74) is 0. The van der Waals surface area contributed by atoms with Crippen LogP contribution in [0, 0.1) is 0 Å². The molecule has 0 fully saturated rings. The molecule has 0 amide bonds. The Morgan fingerprint density at radius 3 is 0.981 bits per heavy atom. The summed E-state index contributed by atoms with van der Waals surface area (Å²) < 4.78 is 16.7. The lowest BCUT2D eigenvalue weighted by atomic mass is 10.1. The summed E-state index contributed by atoms with van der Waals surface area (Å²) in [4.78, 5) is 37.7. The van der Waals surface area contributed by atoms with Gasteiger partial charge in [0.2, 0.25) is 0 Å². The summed E-state index contributed by atoms with van der Waals surface area (Å²) in [6, 6.07) is 0. The van der Waals surface area contributed by atoms with Gasteiger partial charge in [0.25, 0.3) is 0 Å². The van der Waals surface area contributed by atoms with Crippen LogP contribution < -0.4 is 0 Å². The summed E-state index contributed by atoms with van der Waals surface area (Å²) in [5.74, 6) is -0.909. The predicted octanol–water partition coefficient (Wildman–Crippen LogP) is 14.6. The Morgan fingerprint density at radius 2 is 0.630 bits per heavy atom. The number of unbranched alkanes of at least 4 members (excludes halogenated alkanes) is 24. The van der Waals surface area contributed by atoms with Gasteiger partial charge in [0.05, 0.1) is 0 Å². The summed E-state index contributed by atoms with van der Waals surface area (Å²) in [6.07, 6.45) is 48.4. The molecular weight excluding hydrogens is 673 g/mol. The van der Waals surface area contributed by atoms with Crippen molar-refractivity contribution in [1.29, 1.82) is 0 Å². The minimum atomic E-state index is -0.778. The number of carbonyl (C=O) groups is 3. The van der Waals surface area contributed by atoms with Crippen LogP contribution in [0.3, 0.4) is 0 Å². The van der Waals surface area contributed by atoms with E-state index in [-0.39, 0.29) is 31.1 Å².